The lowest BCUT2D eigenvalue weighted by Crippen LogP contribution is -2.46. The van der Waals surface area contributed by atoms with E-state index in [4.69, 9.17) is 9.72 Å². The molecule has 0 bridgehead atoms. The molecule has 3 aromatic rings. The molecule has 4 heterocycles. The van der Waals surface area contributed by atoms with Gasteiger partial charge in [0.2, 0.25) is 0 Å². The number of aromatic nitrogens is 3. The third kappa shape index (κ3) is 4.45. The fraction of sp³-hybridized carbons (Fsp3) is 0.520. The number of nitrogens with zero attached hydrogens (tertiary/aromatic N) is 5. The molecule has 5 rings (SSSR count). The topological polar surface area (TPSA) is 58.5 Å². The van der Waals surface area contributed by atoms with E-state index < -0.39 is 0 Å². The third-order valence-electron chi connectivity index (χ3n) is 6.75. The molecule has 7 nitrogen and oxygen atoms in total. The number of nitrogens with one attached hydrogen (secondary N) is 1. The van der Waals surface area contributed by atoms with Gasteiger partial charge in [-0.1, -0.05) is 12.1 Å². The Morgan fingerprint density at radius 2 is 1.91 bits per heavy atom. The van der Waals surface area contributed by atoms with E-state index in [-0.39, 0.29) is 0 Å². The van der Waals surface area contributed by atoms with Crippen molar-refractivity contribution in [3.8, 4) is 0 Å². The molecule has 170 valence electrons. The van der Waals surface area contributed by atoms with Crippen LogP contribution in [0.1, 0.15) is 30.9 Å². The molecule has 7 heteroatoms. The Morgan fingerprint density at radius 1 is 1.09 bits per heavy atom. The highest BCUT2D eigenvalue weighted by Gasteiger charge is 2.22. The summed E-state index contributed by atoms with van der Waals surface area (Å²) in [5.41, 5.74) is 6.10. The number of rotatable bonds is 6. The first kappa shape index (κ1) is 21.2. The Bertz CT molecular complexity index is 1050. The van der Waals surface area contributed by atoms with Crippen molar-refractivity contribution in [3.63, 3.8) is 0 Å². The normalized spacial score (nSPS) is 18.4. The number of ether oxygens (including phenoxy) is 1. The molecule has 0 atom stereocenters. The molecule has 2 aliphatic heterocycles. The molecule has 2 fully saturated rings. The maximum absolute atomic E-state index is 5.57. The number of pyridine rings is 1. The lowest BCUT2D eigenvalue weighted by atomic mass is 10.1. The maximum atomic E-state index is 5.57. The molecule has 0 unspecified atom stereocenters. The van der Waals surface area contributed by atoms with Crippen LogP contribution >= 0.6 is 0 Å². The molecule has 1 N–H and O–H groups in total. The number of hydrogen-bond acceptors (Lipinski definition) is 6. The van der Waals surface area contributed by atoms with Crippen molar-refractivity contribution in [1.82, 2.24) is 19.7 Å². The van der Waals surface area contributed by atoms with Crippen molar-refractivity contribution in [2.45, 2.75) is 45.8 Å². The van der Waals surface area contributed by atoms with Crippen LogP contribution in [0.4, 0.5) is 11.4 Å². The molecule has 2 aliphatic rings. The zero-order valence-corrected chi connectivity index (χ0v) is 19.3. The van der Waals surface area contributed by atoms with E-state index >= 15 is 0 Å². The Hall–Kier alpha value is -2.64. The van der Waals surface area contributed by atoms with Gasteiger partial charge in [-0.15, -0.1) is 0 Å². The lowest BCUT2D eigenvalue weighted by molar-refractivity contribution is 0.0904. The summed E-state index contributed by atoms with van der Waals surface area (Å²) in [5.74, 6) is 0. The summed E-state index contributed by atoms with van der Waals surface area (Å²) in [6.45, 7) is 11.9. The first-order chi connectivity index (χ1) is 15.7. The fourth-order valence-corrected chi connectivity index (χ4v) is 4.87. The average molecular weight is 435 g/mol. The number of anilines is 2. The molecule has 0 radical (unpaired) electrons. The van der Waals surface area contributed by atoms with Gasteiger partial charge in [-0.2, -0.15) is 5.10 Å². The second kappa shape index (κ2) is 9.46. The summed E-state index contributed by atoms with van der Waals surface area (Å²) in [6.07, 6.45) is 6.12. The van der Waals surface area contributed by atoms with Crippen LogP contribution in [0.15, 0.2) is 36.7 Å². The van der Waals surface area contributed by atoms with Gasteiger partial charge in [0.25, 0.3) is 0 Å². The van der Waals surface area contributed by atoms with Gasteiger partial charge < -0.3 is 15.0 Å². The van der Waals surface area contributed by atoms with Crippen molar-refractivity contribution in [2.75, 3.05) is 49.6 Å². The van der Waals surface area contributed by atoms with Gasteiger partial charge in [-0.25, -0.2) is 9.67 Å². The molecule has 0 amide bonds. The van der Waals surface area contributed by atoms with E-state index in [0.717, 1.165) is 76.4 Å². The minimum absolute atomic E-state index is 0.441. The molecular weight excluding hydrogens is 400 g/mol. The van der Waals surface area contributed by atoms with E-state index in [9.17, 15) is 0 Å². The van der Waals surface area contributed by atoms with Gasteiger partial charge in [-0.05, 0) is 44.4 Å². The number of aryl methyl sites for hydroxylation is 2. The Labute approximate surface area is 190 Å². The quantitative estimate of drug-likeness (QED) is 0.639. The minimum Gasteiger partial charge on any atom is -0.381 e. The first-order valence-corrected chi connectivity index (χ1v) is 11.9. The number of benzene rings is 1. The van der Waals surface area contributed by atoms with E-state index in [1.807, 2.05) is 10.9 Å². The highest BCUT2D eigenvalue weighted by atomic mass is 16.5. The zero-order chi connectivity index (χ0) is 21.9. The average Bonchev–Trinajstić information content (AvgIpc) is 3.25. The van der Waals surface area contributed by atoms with Crippen LogP contribution in [0.2, 0.25) is 0 Å². The number of piperazine rings is 1. The van der Waals surface area contributed by atoms with Crippen LogP contribution in [0.5, 0.6) is 0 Å². The SMILES string of the molecule is CCn1ncc2c(NC3CCOCC3)c(CN3CCN(c4cccc(C)c4)CC3)cnc21. The molecule has 2 aromatic heterocycles. The van der Waals surface area contributed by atoms with E-state index in [1.165, 1.54) is 22.5 Å². The minimum atomic E-state index is 0.441. The Kier molecular flexibility index (Phi) is 6.28. The van der Waals surface area contributed by atoms with Crippen LogP contribution < -0.4 is 10.2 Å². The van der Waals surface area contributed by atoms with Crippen LogP contribution in [0.3, 0.4) is 0 Å². The summed E-state index contributed by atoms with van der Waals surface area (Å²) < 4.78 is 7.55. The number of hydrogen-bond donors (Lipinski definition) is 1. The molecule has 32 heavy (non-hydrogen) atoms. The van der Waals surface area contributed by atoms with Gasteiger partial charge in [0.15, 0.2) is 5.65 Å². The van der Waals surface area contributed by atoms with Crippen molar-refractivity contribution in [2.24, 2.45) is 0 Å². The summed E-state index contributed by atoms with van der Waals surface area (Å²) in [4.78, 5) is 9.85. The predicted octanol–water partition coefficient (Wildman–Crippen LogP) is 3.67. The van der Waals surface area contributed by atoms with E-state index in [0.29, 0.717) is 6.04 Å². The van der Waals surface area contributed by atoms with Crippen LogP contribution in [0.25, 0.3) is 11.0 Å². The Morgan fingerprint density at radius 3 is 2.66 bits per heavy atom. The van der Waals surface area contributed by atoms with Crippen LogP contribution in [-0.2, 0) is 17.8 Å². The van der Waals surface area contributed by atoms with Crippen LogP contribution in [-0.4, -0.2) is 65.1 Å². The number of fused-ring (bicyclic) bond motifs is 1. The van der Waals surface area contributed by atoms with Crippen molar-refractivity contribution in [3.05, 3.63) is 47.8 Å². The summed E-state index contributed by atoms with van der Waals surface area (Å²) >= 11 is 0. The molecule has 0 saturated carbocycles. The van der Waals surface area contributed by atoms with Crippen molar-refractivity contribution >= 4 is 22.4 Å². The maximum Gasteiger partial charge on any atom is 0.159 e. The predicted molar refractivity (Wildman–Crippen MR) is 129 cm³/mol. The van der Waals surface area contributed by atoms with E-state index in [2.05, 4.69) is 64.5 Å². The standard InChI is InChI=1S/C25H34N6O/c1-3-31-25-23(17-27-31)24(28-21-7-13-32-14-8-21)20(16-26-25)18-29-9-11-30(12-10-29)22-6-4-5-19(2)15-22/h4-6,15-17,21H,3,7-14,18H2,1-2H3,(H,26,28). The monoisotopic (exact) mass is 434 g/mol. The molecule has 1 aromatic carbocycles. The van der Waals surface area contributed by atoms with E-state index in [1.54, 1.807) is 0 Å². The summed E-state index contributed by atoms with van der Waals surface area (Å²) in [5, 5.41) is 9.56. The Balaban J connectivity index is 1.33. The highest BCUT2D eigenvalue weighted by molar-refractivity contribution is 5.90. The van der Waals surface area contributed by atoms with Crippen molar-refractivity contribution < 1.29 is 4.74 Å². The lowest BCUT2D eigenvalue weighted by Gasteiger charge is -2.36. The molecule has 0 aliphatic carbocycles. The van der Waals surface area contributed by atoms with Gasteiger partial charge in [0.1, 0.15) is 0 Å². The van der Waals surface area contributed by atoms with Crippen LogP contribution in [0, 0.1) is 6.92 Å². The largest absolute Gasteiger partial charge is 0.381 e. The molecular formula is C25H34N6O. The smallest absolute Gasteiger partial charge is 0.159 e. The van der Waals surface area contributed by atoms with Crippen molar-refractivity contribution in [1.29, 1.82) is 0 Å². The summed E-state index contributed by atoms with van der Waals surface area (Å²) in [6, 6.07) is 9.27. The first-order valence-electron chi connectivity index (χ1n) is 11.9. The summed E-state index contributed by atoms with van der Waals surface area (Å²) in [7, 11) is 0. The second-order valence-electron chi connectivity index (χ2n) is 8.99. The molecule has 2 saturated heterocycles. The van der Waals surface area contributed by atoms with Gasteiger partial charge >= 0.3 is 0 Å². The van der Waals surface area contributed by atoms with Gasteiger partial charge in [0, 0.05) is 76.0 Å². The fourth-order valence-electron chi connectivity index (χ4n) is 4.87. The van der Waals surface area contributed by atoms with Gasteiger partial charge in [0.05, 0.1) is 17.3 Å². The zero-order valence-electron chi connectivity index (χ0n) is 19.3. The molecule has 0 spiro atoms. The third-order valence-corrected chi connectivity index (χ3v) is 6.75. The second-order valence-corrected chi connectivity index (χ2v) is 8.99. The van der Waals surface area contributed by atoms with Gasteiger partial charge in [-0.3, -0.25) is 4.90 Å². The highest BCUT2D eigenvalue weighted by Crippen LogP contribution is 2.29.